The molecule has 11 rings (SSSR count). The largest absolute Gasteiger partial charge is 0.403 e. The maximum absolute atomic E-state index is 12.8. The van der Waals surface area contributed by atoms with Crippen LogP contribution in [0, 0.1) is 11.8 Å². The molecule has 9 heterocycles. The Hall–Kier alpha value is -8.25. The minimum absolute atomic E-state index is 0. The van der Waals surface area contributed by atoms with Crippen LogP contribution in [0.5, 0.6) is 18.0 Å². The summed E-state index contributed by atoms with van der Waals surface area (Å²) in [6.45, 7) is 20.2. The van der Waals surface area contributed by atoms with Crippen molar-refractivity contribution in [3.63, 3.8) is 0 Å². The molecule has 5 aliphatic rings. The van der Waals surface area contributed by atoms with Crippen molar-refractivity contribution in [2.75, 3.05) is 99.2 Å². The smallest absolute Gasteiger partial charge is 0.389 e. The highest BCUT2D eigenvalue weighted by molar-refractivity contribution is 5.83. The summed E-state index contributed by atoms with van der Waals surface area (Å²) in [5.41, 5.74) is -2.05. The van der Waals surface area contributed by atoms with Gasteiger partial charge in [-0.25, -0.2) is 14.4 Å². The lowest BCUT2D eigenvalue weighted by atomic mass is 10.1. The number of nitrogens with one attached hydrogen (secondary N) is 3. The third-order valence-electron chi connectivity index (χ3n) is 17.5. The number of H-pyrrole nitrogens is 3. The second-order valence-electron chi connectivity index (χ2n) is 25.1. The van der Waals surface area contributed by atoms with Crippen LogP contribution in [0.15, 0.2) is 75.7 Å². The Labute approximate surface area is 576 Å². The normalized spacial score (nSPS) is 16.6. The van der Waals surface area contributed by atoms with Gasteiger partial charge in [0.1, 0.15) is 33.7 Å². The van der Waals surface area contributed by atoms with Crippen molar-refractivity contribution in [3.8, 4) is 18.0 Å². The summed E-state index contributed by atoms with van der Waals surface area (Å²) < 4.78 is 52.8. The van der Waals surface area contributed by atoms with E-state index in [1.165, 1.54) is 37.8 Å². The van der Waals surface area contributed by atoms with Crippen LogP contribution in [0.2, 0.25) is 0 Å². The van der Waals surface area contributed by atoms with Gasteiger partial charge in [0.15, 0.2) is 0 Å². The van der Waals surface area contributed by atoms with Gasteiger partial charge in [0, 0.05) is 122 Å². The number of alkyl halides is 3. The maximum atomic E-state index is 12.8. The number of fused-ring (bicyclic) bond motifs is 3. The average Bonchev–Trinajstić information content (AvgIpc) is 1.51. The Morgan fingerprint density at radius 2 is 0.788 bits per heavy atom. The van der Waals surface area contributed by atoms with Crippen molar-refractivity contribution in [2.24, 2.45) is 27.3 Å². The van der Waals surface area contributed by atoms with Gasteiger partial charge in [-0.3, -0.25) is 29.3 Å². The van der Waals surface area contributed by atoms with E-state index in [4.69, 9.17) is 27.8 Å². The highest BCUT2D eigenvalue weighted by atomic mass is 19.4. The predicted octanol–water partition coefficient (Wildman–Crippen LogP) is 10.1. The summed E-state index contributed by atoms with van der Waals surface area (Å²) in [6.07, 6.45) is 9.75. The topological polar surface area (TPSA) is 312 Å². The van der Waals surface area contributed by atoms with E-state index in [0.717, 1.165) is 172 Å². The Morgan fingerprint density at radius 3 is 1.07 bits per heavy atom. The molecule has 99 heavy (non-hydrogen) atoms. The van der Waals surface area contributed by atoms with Crippen LogP contribution in [0.1, 0.15) is 177 Å². The molecule has 0 atom stereocenters. The van der Waals surface area contributed by atoms with Gasteiger partial charge >= 0.3 is 41.1 Å². The van der Waals surface area contributed by atoms with E-state index in [1.807, 2.05) is 14.0 Å². The number of amidine groups is 3. The van der Waals surface area contributed by atoms with Gasteiger partial charge in [0.25, 0.3) is 16.7 Å². The second-order valence-corrected chi connectivity index (χ2v) is 25.1. The highest BCUT2D eigenvalue weighted by Gasteiger charge is 2.28. The first kappa shape index (κ1) is 81.4. The molecule has 2 saturated carbocycles. The number of likely N-dealkylation sites (N-methyl/N-ethyl adjacent to an activating group) is 3. The van der Waals surface area contributed by atoms with Crippen molar-refractivity contribution in [2.45, 2.75) is 186 Å². The Balaban J connectivity index is 0.000000263. The minimum Gasteiger partial charge on any atom is -0.403 e. The fourth-order valence-electron chi connectivity index (χ4n) is 11.8. The second kappa shape index (κ2) is 38.9. The Bertz CT molecular complexity index is 4000. The number of aromatic nitrogens is 6. The quantitative estimate of drug-likeness (QED) is 0.0288. The van der Waals surface area contributed by atoms with E-state index in [2.05, 4.69) is 103 Å². The molecule has 0 unspecified atom stereocenters. The van der Waals surface area contributed by atoms with Gasteiger partial charge in [0.05, 0.1) is 0 Å². The van der Waals surface area contributed by atoms with Gasteiger partial charge in [-0.15, -0.1) is 0 Å². The number of hydrogen-bond acceptors (Lipinski definition) is 21. The third kappa shape index (κ3) is 24.3. The Kier molecular flexibility index (Phi) is 32.0. The summed E-state index contributed by atoms with van der Waals surface area (Å²) in [6, 6.07) is 3.42. The summed E-state index contributed by atoms with van der Waals surface area (Å²) in [4.78, 5) is 124. The molecule has 0 bridgehead atoms. The van der Waals surface area contributed by atoms with E-state index in [9.17, 15) is 41.9 Å². The first-order chi connectivity index (χ1) is 45.8. The molecular weight excluding hydrogens is 1290 g/mol. The lowest BCUT2D eigenvalue weighted by molar-refractivity contribution is -0.135. The monoisotopic (exact) mass is 1390 g/mol. The molecule has 6 aromatic rings. The predicted molar refractivity (Wildman–Crippen MR) is 381 cm³/mol. The molecule has 2 aliphatic carbocycles. The minimum atomic E-state index is -4.32. The van der Waals surface area contributed by atoms with Gasteiger partial charge in [-0.2, -0.15) is 28.1 Å². The zero-order valence-electron chi connectivity index (χ0n) is 55.4. The summed E-state index contributed by atoms with van der Waals surface area (Å²) >= 11 is 0. The summed E-state index contributed by atoms with van der Waals surface area (Å²) in [7, 11) is 4.14. The van der Waals surface area contributed by atoms with Gasteiger partial charge < -0.3 is 57.2 Å². The number of halogens is 3. The lowest BCUT2D eigenvalue weighted by Gasteiger charge is -2.35. The van der Waals surface area contributed by atoms with Crippen LogP contribution in [-0.4, -0.2) is 182 Å². The van der Waals surface area contributed by atoms with Crippen molar-refractivity contribution >= 4 is 50.8 Å². The van der Waals surface area contributed by atoms with E-state index < -0.39 is 35.0 Å². The number of nitrogens with zero attached hydrogens (tertiary/aromatic N) is 12. The standard InChI is InChI=1S/C23H33N5O4.C22H31N5O4.C20H26F3N5O4.4CH4/c1-3-6-18(28-13-11-27(4-2)12-14-28)26-32-23-24-21(30)20-17(8-5-7-16-9-10-16)15-19(29)31-22(20)25-23;1-3-5-17(27-12-10-26(2)11-13-27)25-31-22-23-20(29)19-16(7-4-6-15-8-9-15)14-18(28)30-21(19)24-22;1-3-5-14(28-10-8-27(2)9-11-28)26-32-19-24-17(30)16-13(6-4-7-20(21,22)23)12-15(29)31-18(16)25-19;;;;/h15-16H,3-14H2,1-2H3,(H,24,25,30);14-15H,3-13H2,1-2H3,(H,23,24,29);12H,3-11H2,1-2H3,(H,24,25,30);4*1H4/b26-18+;25-17+;26-14+;;;;. The molecule has 5 fully saturated rings. The number of aryl methyl sites for hydroxylation is 3. The molecule has 30 heteroatoms. The van der Waals surface area contributed by atoms with Crippen LogP contribution in [0.4, 0.5) is 13.2 Å². The first-order valence-electron chi connectivity index (χ1n) is 33.6. The number of aromatic amines is 3. The zero-order chi connectivity index (χ0) is 67.6. The van der Waals surface area contributed by atoms with Crippen LogP contribution in [0.25, 0.3) is 33.3 Å². The van der Waals surface area contributed by atoms with Gasteiger partial charge in [-0.05, 0) is 107 Å². The molecule has 0 radical (unpaired) electrons. The molecule has 3 saturated heterocycles. The van der Waals surface area contributed by atoms with Gasteiger partial charge in [-0.1, -0.05) is 111 Å². The molecule has 0 amide bonds. The molecule has 0 spiro atoms. The highest BCUT2D eigenvalue weighted by Crippen LogP contribution is 2.35. The first-order valence-corrected chi connectivity index (χ1v) is 33.6. The molecule has 3 N–H and O–H groups in total. The van der Waals surface area contributed by atoms with E-state index in [1.54, 1.807) is 0 Å². The van der Waals surface area contributed by atoms with Crippen LogP contribution >= 0.6 is 0 Å². The molecule has 550 valence electrons. The summed E-state index contributed by atoms with van der Waals surface area (Å²) in [5, 5.41) is 13.3. The molecule has 27 nitrogen and oxygen atoms in total. The van der Waals surface area contributed by atoms with E-state index in [0.29, 0.717) is 47.0 Å². The van der Waals surface area contributed by atoms with Gasteiger partial charge in [0.2, 0.25) is 17.1 Å². The number of hydrogen-bond donors (Lipinski definition) is 3. The summed E-state index contributed by atoms with van der Waals surface area (Å²) in [5.74, 6) is 3.98. The number of rotatable bonds is 24. The molecule has 0 aromatic carbocycles. The lowest BCUT2D eigenvalue weighted by Crippen LogP contribution is -2.48. The zero-order valence-corrected chi connectivity index (χ0v) is 55.4. The molecule has 6 aromatic heterocycles. The number of piperazine rings is 3. The number of oxime groups is 3. The van der Waals surface area contributed by atoms with Crippen molar-refractivity contribution in [1.29, 1.82) is 0 Å². The van der Waals surface area contributed by atoms with Crippen LogP contribution in [0.3, 0.4) is 0 Å². The van der Waals surface area contributed by atoms with E-state index in [-0.39, 0.29) is 99.8 Å². The van der Waals surface area contributed by atoms with Crippen LogP contribution in [-0.2, 0) is 19.3 Å². The SMILES string of the molecule is C.C.C.C.CCC/C(=N\Oc1nc2oc(=O)cc(CCCC(F)(F)F)c2c(=O)[nH]1)N1CCN(C)CC1.CCC/C(=N\Oc1nc2oc(=O)cc(CCCC3CC3)c2c(=O)[nH]1)N1CCN(C)CC1.CCC/C(=N\Oc1nc2oc(=O)cc(CCCC3CC3)c2c(=O)[nH]1)N1CCN(CC)CC1. The Morgan fingerprint density at radius 1 is 0.485 bits per heavy atom. The van der Waals surface area contributed by atoms with Crippen molar-refractivity contribution < 1.29 is 40.9 Å². The maximum Gasteiger partial charge on any atom is 0.389 e. The fourth-order valence-corrected chi connectivity index (χ4v) is 11.8. The van der Waals surface area contributed by atoms with Crippen molar-refractivity contribution in [1.82, 2.24) is 59.3 Å². The van der Waals surface area contributed by atoms with Crippen molar-refractivity contribution in [3.05, 3.63) is 97.2 Å². The molecular formula is C69H106F3N15O12. The average molecular weight is 1390 g/mol. The fraction of sp³-hybridized carbons (Fsp3) is 0.652. The van der Waals surface area contributed by atoms with E-state index >= 15 is 0 Å². The third-order valence-corrected chi connectivity index (χ3v) is 17.5. The van der Waals surface area contributed by atoms with Crippen LogP contribution < -0.4 is 48.1 Å². The molecule has 3 aliphatic heterocycles.